The highest BCUT2D eigenvalue weighted by Gasteiger charge is 2.23. The van der Waals surface area contributed by atoms with Gasteiger partial charge >= 0.3 is 6.01 Å². The van der Waals surface area contributed by atoms with Crippen molar-refractivity contribution in [2.45, 2.75) is 6.04 Å². The molecular formula is C21H26N6O3. The number of anilines is 1. The highest BCUT2D eigenvalue weighted by atomic mass is 16.5. The van der Waals surface area contributed by atoms with Crippen LogP contribution in [-0.2, 0) is 9.47 Å². The van der Waals surface area contributed by atoms with E-state index in [1.165, 1.54) is 5.56 Å². The maximum atomic E-state index is 5.71. The van der Waals surface area contributed by atoms with Gasteiger partial charge in [-0.1, -0.05) is 12.1 Å². The number of hydrogen-bond acceptors (Lipinski definition) is 8. The van der Waals surface area contributed by atoms with E-state index in [4.69, 9.17) is 14.2 Å². The maximum absolute atomic E-state index is 5.71. The predicted molar refractivity (Wildman–Crippen MR) is 112 cm³/mol. The molecule has 0 radical (unpaired) electrons. The van der Waals surface area contributed by atoms with Crippen LogP contribution in [0.1, 0.15) is 11.6 Å². The minimum absolute atomic E-state index is 0.232. The molecule has 2 aliphatic heterocycles. The molecule has 2 aromatic heterocycles. The normalized spacial score (nSPS) is 20.6. The van der Waals surface area contributed by atoms with Gasteiger partial charge in [0.2, 0.25) is 0 Å². The number of morpholine rings is 2. The van der Waals surface area contributed by atoms with Gasteiger partial charge in [-0.2, -0.15) is 15.1 Å². The molecule has 2 aliphatic rings. The van der Waals surface area contributed by atoms with Crippen LogP contribution in [0.2, 0.25) is 0 Å². The minimum atomic E-state index is 0.232. The van der Waals surface area contributed by atoms with Gasteiger partial charge in [-0.3, -0.25) is 4.90 Å². The fraction of sp³-hybridized carbons (Fsp3) is 0.476. The van der Waals surface area contributed by atoms with Crippen LogP contribution >= 0.6 is 0 Å². The number of hydrogen-bond donors (Lipinski definition) is 0. The molecule has 4 heterocycles. The molecule has 0 N–H and O–H groups in total. The van der Waals surface area contributed by atoms with Gasteiger partial charge in [0.25, 0.3) is 0 Å². The van der Waals surface area contributed by atoms with Crippen molar-refractivity contribution in [1.82, 2.24) is 24.6 Å². The van der Waals surface area contributed by atoms with Gasteiger partial charge in [0, 0.05) is 31.1 Å². The Balaban J connectivity index is 1.56. The number of benzene rings is 1. The fourth-order valence-electron chi connectivity index (χ4n) is 4.02. The quantitative estimate of drug-likeness (QED) is 0.643. The summed E-state index contributed by atoms with van der Waals surface area (Å²) >= 11 is 0. The summed E-state index contributed by atoms with van der Waals surface area (Å²) in [7, 11) is 3.72. The Hall–Kier alpha value is -2.75. The number of rotatable bonds is 4. The first kappa shape index (κ1) is 19.2. The van der Waals surface area contributed by atoms with Crippen molar-refractivity contribution >= 4 is 16.7 Å². The zero-order valence-corrected chi connectivity index (χ0v) is 17.3. The van der Waals surface area contributed by atoms with Crippen molar-refractivity contribution in [3.8, 4) is 11.8 Å². The van der Waals surface area contributed by atoms with Gasteiger partial charge in [0.05, 0.1) is 51.3 Å². The van der Waals surface area contributed by atoms with E-state index < -0.39 is 0 Å². The first-order valence-corrected chi connectivity index (χ1v) is 10.2. The largest absolute Gasteiger partial charge is 0.467 e. The highest BCUT2D eigenvalue weighted by molar-refractivity contribution is 5.81. The summed E-state index contributed by atoms with van der Waals surface area (Å²) in [5.41, 5.74) is 2.21. The van der Waals surface area contributed by atoms with E-state index in [0.29, 0.717) is 31.6 Å². The van der Waals surface area contributed by atoms with Gasteiger partial charge in [-0.25, -0.2) is 4.68 Å². The summed E-state index contributed by atoms with van der Waals surface area (Å²) in [6.07, 6.45) is 1.86. The first-order chi connectivity index (χ1) is 14.7. The third-order valence-electron chi connectivity index (χ3n) is 5.79. The Bertz CT molecular complexity index is 1030. The highest BCUT2D eigenvalue weighted by Crippen LogP contribution is 2.28. The van der Waals surface area contributed by atoms with Gasteiger partial charge in [0.1, 0.15) is 5.82 Å². The van der Waals surface area contributed by atoms with Crippen molar-refractivity contribution in [3.63, 3.8) is 0 Å². The SMILES string of the molecule is COc1nc(N2CCOCC2)cc(-n2ncc3ccc(C4COCCN4C)cc32)n1. The fourth-order valence-corrected chi connectivity index (χ4v) is 4.02. The van der Waals surface area contributed by atoms with Gasteiger partial charge in [0.15, 0.2) is 5.82 Å². The molecule has 3 aromatic rings. The molecule has 30 heavy (non-hydrogen) atoms. The Morgan fingerprint density at radius 3 is 2.60 bits per heavy atom. The molecule has 0 spiro atoms. The van der Waals surface area contributed by atoms with E-state index >= 15 is 0 Å². The molecule has 158 valence electrons. The van der Waals surface area contributed by atoms with E-state index in [1.54, 1.807) is 7.11 Å². The van der Waals surface area contributed by atoms with E-state index in [2.05, 4.69) is 50.1 Å². The molecule has 0 saturated carbocycles. The lowest BCUT2D eigenvalue weighted by atomic mass is 10.0. The van der Waals surface area contributed by atoms with E-state index in [0.717, 1.165) is 43.0 Å². The Kier molecular flexibility index (Phi) is 5.24. The molecule has 5 rings (SSSR count). The summed E-state index contributed by atoms with van der Waals surface area (Å²) in [5, 5.41) is 5.67. The maximum Gasteiger partial charge on any atom is 0.320 e. The summed E-state index contributed by atoms with van der Waals surface area (Å²) in [6.45, 7) is 5.35. The average molecular weight is 410 g/mol. The number of fused-ring (bicyclic) bond motifs is 1. The zero-order chi connectivity index (χ0) is 20.5. The zero-order valence-electron chi connectivity index (χ0n) is 17.3. The molecule has 0 aliphatic carbocycles. The summed E-state index contributed by atoms with van der Waals surface area (Å²) in [4.78, 5) is 13.6. The standard InChI is InChI=1S/C21H26N6O3/c1-25-5-8-30-14-18(25)15-3-4-16-13-22-27(17(16)11-15)20-12-19(23-21(24-20)28-2)26-6-9-29-10-7-26/h3-4,11-13,18H,5-10,14H2,1-2H3. The number of likely N-dealkylation sites (N-methyl/N-ethyl adjacent to an activating group) is 1. The topological polar surface area (TPSA) is 77.8 Å². The van der Waals surface area contributed by atoms with Crippen LogP contribution in [0.25, 0.3) is 16.7 Å². The Morgan fingerprint density at radius 1 is 1.00 bits per heavy atom. The molecule has 1 atom stereocenters. The molecule has 0 bridgehead atoms. The molecule has 9 heteroatoms. The Morgan fingerprint density at radius 2 is 1.80 bits per heavy atom. The van der Waals surface area contributed by atoms with Crippen LogP contribution in [0.5, 0.6) is 6.01 Å². The lowest BCUT2D eigenvalue weighted by Crippen LogP contribution is -2.37. The molecule has 1 aromatic carbocycles. The van der Waals surface area contributed by atoms with E-state index in [1.807, 2.05) is 16.9 Å². The molecule has 2 fully saturated rings. The molecular weight excluding hydrogens is 384 g/mol. The predicted octanol–water partition coefficient (Wildman–Crippen LogP) is 1.66. The molecule has 2 saturated heterocycles. The van der Waals surface area contributed by atoms with Gasteiger partial charge in [-0.05, 0) is 18.7 Å². The monoisotopic (exact) mass is 410 g/mol. The molecule has 0 amide bonds. The first-order valence-electron chi connectivity index (χ1n) is 10.2. The van der Waals surface area contributed by atoms with E-state index in [-0.39, 0.29) is 6.04 Å². The summed E-state index contributed by atoms with van der Waals surface area (Å²) in [5.74, 6) is 1.50. The lowest BCUT2D eigenvalue weighted by molar-refractivity contribution is 0.00510. The molecule has 9 nitrogen and oxygen atoms in total. The third-order valence-corrected chi connectivity index (χ3v) is 5.79. The van der Waals surface area contributed by atoms with Gasteiger partial charge < -0.3 is 19.1 Å². The van der Waals surface area contributed by atoms with E-state index in [9.17, 15) is 0 Å². The van der Waals surface area contributed by atoms with Crippen molar-refractivity contribution in [3.05, 3.63) is 36.0 Å². The second-order valence-electron chi connectivity index (χ2n) is 7.62. The second kappa shape index (κ2) is 8.17. The lowest BCUT2D eigenvalue weighted by Gasteiger charge is -2.32. The number of methoxy groups -OCH3 is 1. The van der Waals surface area contributed by atoms with Crippen LogP contribution in [0.3, 0.4) is 0 Å². The second-order valence-corrected chi connectivity index (χ2v) is 7.62. The third kappa shape index (κ3) is 3.60. The minimum Gasteiger partial charge on any atom is -0.467 e. The number of nitrogens with zero attached hydrogens (tertiary/aromatic N) is 6. The smallest absolute Gasteiger partial charge is 0.320 e. The Labute approximate surface area is 175 Å². The van der Waals surface area contributed by atoms with Crippen LogP contribution < -0.4 is 9.64 Å². The van der Waals surface area contributed by atoms with Crippen molar-refractivity contribution in [2.75, 3.05) is 65.1 Å². The molecule has 1 unspecified atom stereocenters. The summed E-state index contributed by atoms with van der Waals surface area (Å²) in [6, 6.07) is 8.97. The van der Waals surface area contributed by atoms with Crippen LogP contribution in [0, 0.1) is 0 Å². The van der Waals surface area contributed by atoms with Gasteiger partial charge in [-0.15, -0.1) is 0 Å². The number of ether oxygens (including phenoxy) is 3. The van der Waals surface area contributed by atoms with Crippen molar-refractivity contribution in [2.24, 2.45) is 0 Å². The number of aromatic nitrogens is 4. The average Bonchev–Trinajstić information content (AvgIpc) is 3.23. The summed E-state index contributed by atoms with van der Waals surface area (Å²) < 4.78 is 18.4. The van der Waals surface area contributed by atoms with Crippen molar-refractivity contribution < 1.29 is 14.2 Å². The van der Waals surface area contributed by atoms with Crippen LogP contribution in [0.15, 0.2) is 30.5 Å². The van der Waals surface area contributed by atoms with Crippen molar-refractivity contribution in [1.29, 1.82) is 0 Å². The van der Waals surface area contributed by atoms with Crippen LogP contribution in [0.4, 0.5) is 5.82 Å². The van der Waals surface area contributed by atoms with Crippen LogP contribution in [-0.4, -0.2) is 84.9 Å².